The normalized spacial score (nSPS) is 15.3. The van der Waals surface area contributed by atoms with Crippen molar-refractivity contribution < 1.29 is 9.50 Å². The maximum absolute atomic E-state index is 13.0. The Bertz CT molecular complexity index is 595. The van der Waals surface area contributed by atoms with Crippen molar-refractivity contribution in [3.8, 4) is 0 Å². The molecule has 0 bridgehead atoms. The lowest BCUT2D eigenvalue weighted by Gasteiger charge is -2.36. The molecule has 0 spiro atoms. The number of rotatable bonds is 3. The molecular formula is C16H18FN3O. The van der Waals surface area contributed by atoms with Gasteiger partial charge in [0.05, 0.1) is 6.61 Å². The van der Waals surface area contributed by atoms with Gasteiger partial charge in [-0.05, 0) is 42.0 Å². The molecule has 0 radical (unpaired) electrons. The molecule has 21 heavy (non-hydrogen) atoms. The fourth-order valence-electron chi connectivity index (χ4n) is 2.58. The van der Waals surface area contributed by atoms with E-state index in [0.29, 0.717) is 0 Å². The predicted octanol–water partition coefficient (Wildman–Crippen LogP) is 2.04. The third-order valence-corrected chi connectivity index (χ3v) is 3.79. The molecule has 1 fully saturated rings. The van der Waals surface area contributed by atoms with Crippen molar-refractivity contribution in [2.75, 3.05) is 36.0 Å². The van der Waals surface area contributed by atoms with Gasteiger partial charge < -0.3 is 14.9 Å². The number of aliphatic hydroxyl groups is 1. The molecule has 1 aromatic carbocycles. The van der Waals surface area contributed by atoms with Crippen molar-refractivity contribution in [1.29, 1.82) is 0 Å². The minimum absolute atomic E-state index is 0.0328. The fourth-order valence-corrected chi connectivity index (χ4v) is 2.58. The van der Waals surface area contributed by atoms with E-state index < -0.39 is 0 Å². The molecule has 1 aliphatic heterocycles. The summed E-state index contributed by atoms with van der Waals surface area (Å²) in [4.78, 5) is 8.82. The number of anilines is 2. The molecule has 2 aromatic rings. The average Bonchev–Trinajstić information content (AvgIpc) is 2.56. The SMILES string of the molecule is OCc1ccnc(N2CCN(c3ccc(F)cc3)CC2)c1. The number of benzene rings is 1. The summed E-state index contributed by atoms with van der Waals surface area (Å²) in [5, 5.41) is 9.19. The Kier molecular flexibility index (Phi) is 4.01. The highest BCUT2D eigenvalue weighted by atomic mass is 19.1. The van der Waals surface area contributed by atoms with Crippen LogP contribution in [0.3, 0.4) is 0 Å². The maximum atomic E-state index is 13.0. The molecule has 0 unspecified atom stereocenters. The Labute approximate surface area is 123 Å². The summed E-state index contributed by atoms with van der Waals surface area (Å²) in [5.41, 5.74) is 1.93. The number of piperazine rings is 1. The van der Waals surface area contributed by atoms with Crippen LogP contribution in [-0.2, 0) is 6.61 Å². The Morgan fingerprint density at radius 1 is 1.00 bits per heavy atom. The van der Waals surface area contributed by atoms with Gasteiger partial charge in [0.15, 0.2) is 0 Å². The van der Waals surface area contributed by atoms with Crippen LogP contribution in [0.25, 0.3) is 0 Å². The lowest BCUT2D eigenvalue weighted by molar-refractivity contribution is 0.281. The number of aromatic nitrogens is 1. The van der Waals surface area contributed by atoms with E-state index in [-0.39, 0.29) is 12.4 Å². The van der Waals surface area contributed by atoms with Crippen LogP contribution in [0.4, 0.5) is 15.9 Å². The highest BCUT2D eigenvalue weighted by Crippen LogP contribution is 2.20. The topological polar surface area (TPSA) is 39.6 Å². The minimum Gasteiger partial charge on any atom is -0.392 e. The van der Waals surface area contributed by atoms with Crippen LogP contribution in [0.1, 0.15) is 5.56 Å². The first-order chi connectivity index (χ1) is 10.3. The first kappa shape index (κ1) is 13.8. The standard InChI is InChI=1S/C16H18FN3O/c17-14-1-3-15(4-2-14)19-7-9-20(10-8-19)16-11-13(12-21)5-6-18-16/h1-6,11,21H,7-10,12H2. The second-order valence-corrected chi connectivity index (χ2v) is 5.13. The van der Waals surface area contributed by atoms with E-state index in [1.807, 2.05) is 24.3 Å². The monoisotopic (exact) mass is 287 g/mol. The largest absolute Gasteiger partial charge is 0.392 e. The van der Waals surface area contributed by atoms with Gasteiger partial charge in [-0.3, -0.25) is 0 Å². The van der Waals surface area contributed by atoms with Crippen LogP contribution in [0.15, 0.2) is 42.6 Å². The lowest BCUT2D eigenvalue weighted by Crippen LogP contribution is -2.46. The molecular weight excluding hydrogens is 269 g/mol. The zero-order valence-electron chi connectivity index (χ0n) is 11.7. The van der Waals surface area contributed by atoms with Gasteiger partial charge in [-0.2, -0.15) is 0 Å². The summed E-state index contributed by atoms with van der Waals surface area (Å²) >= 11 is 0. The van der Waals surface area contributed by atoms with Crippen LogP contribution in [-0.4, -0.2) is 36.3 Å². The van der Waals surface area contributed by atoms with E-state index >= 15 is 0 Å². The lowest BCUT2D eigenvalue weighted by atomic mass is 10.2. The Balaban J connectivity index is 1.65. The van der Waals surface area contributed by atoms with Crippen LogP contribution >= 0.6 is 0 Å². The number of aliphatic hydroxyl groups excluding tert-OH is 1. The Hall–Kier alpha value is -2.14. The van der Waals surface area contributed by atoms with Crippen LogP contribution < -0.4 is 9.80 Å². The molecule has 0 saturated carbocycles. The first-order valence-corrected chi connectivity index (χ1v) is 7.07. The molecule has 0 aliphatic carbocycles. The molecule has 1 saturated heterocycles. The third kappa shape index (κ3) is 3.13. The Morgan fingerprint density at radius 2 is 1.67 bits per heavy atom. The number of nitrogens with zero attached hydrogens (tertiary/aromatic N) is 3. The summed E-state index contributed by atoms with van der Waals surface area (Å²) in [6.45, 7) is 3.50. The van der Waals surface area contributed by atoms with Gasteiger partial charge in [-0.15, -0.1) is 0 Å². The molecule has 5 heteroatoms. The molecule has 1 aromatic heterocycles. The highest BCUT2D eigenvalue weighted by Gasteiger charge is 2.18. The van der Waals surface area contributed by atoms with Gasteiger partial charge in [0.25, 0.3) is 0 Å². The second-order valence-electron chi connectivity index (χ2n) is 5.13. The van der Waals surface area contributed by atoms with Crippen molar-refractivity contribution in [3.05, 3.63) is 54.0 Å². The van der Waals surface area contributed by atoms with Gasteiger partial charge in [0.2, 0.25) is 0 Å². The van der Waals surface area contributed by atoms with Crippen LogP contribution in [0.5, 0.6) is 0 Å². The molecule has 1 aliphatic rings. The van der Waals surface area contributed by atoms with E-state index in [4.69, 9.17) is 0 Å². The summed E-state index contributed by atoms with van der Waals surface area (Å²) in [5.74, 6) is 0.697. The average molecular weight is 287 g/mol. The quantitative estimate of drug-likeness (QED) is 0.938. The summed E-state index contributed by atoms with van der Waals surface area (Å²) < 4.78 is 13.0. The second kappa shape index (κ2) is 6.10. The third-order valence-electron chi connectivity index (χ3n) is 3.79. The number of halogens is 1. The van der Waals surface area contributed by atoms with Crippen LogP contribution in [0, 0.1) is 5.82 Å². The minimum atomic E-state index is -0.206. The van der Waals surface area contributed by atoms with E-state index in [0.717, 1.165) is 43.2 Å². The molecule has 1 N–H and O–H groups in total. The molecule has 3 rings (SSSR count). The van der Waals surface area contributed by atoms with Gasteiger partial charge >= 0.3 is 0 Å². The molecule has 2 heterocycles. The van der Waals surface area contributed by atoms with Gasteiger partial charge in [-0.25, -0.2) is 9.37 Å². The molecule has 0 amide bonds. The summed E-state index contributed by atoms with van der Waals surface area (Å²) in [7, 11) is 0. The van der Waals surface area contributed by atoms with Crippen molar-refractivity contribution in [2.24, 2.45) is 0 Å². The smallest absolute Gasteiger partial charge is 0.128 e. The summed E-state index contributed by atoms with van der Waals surface area (Å²) in [6, 6.07) is 10.4. The van der Waals surface area contributed by atoms with Crippen molar-refractivity contribution in [1.82, 2.24) is 4.98 Å². The zero-order chi connectivity index (χ0) is 14.7. The van der Waals surface area contributed by atoms with E-state index in [9.17, 15) is 9.50 Å². The zero-order valence-corrected chi connectivity index (χ0v) is 11.7. The van der Waals surface area contributed by atoms with Gasteiger partial charge in [0.1, 0.15) is 11.6 Å². The number of pyridine rings is 1. The van der Waals surface area contributed by atoms with Crippen molar-refractivity contribution in [3.63, 3.8) is 0 Å². The molecule has 4 nitrogen and oxygen atoms in total. The predicted molar refractivity (Wildman–Crippen MR) is 81.0 cm³/mol. The van der Waals surface area contributed by atoms with Crippen molar-refractivity contribution in [2.45, 2.75) is 6.61 Å². The number of hydrogen-bond acceptors (Lipinski definition) is 4. The fraction of sp³-hybridized carbons (Fsp3) is 0.312. The molecule has 0 atom stereocenters. The highest BCUT2D eigenvalue weighted by molar-refractivity contribution is 5.49. The van der Waals surface area contributed by atoms with E-state index in [1.165, 1.54) is 12.1 Å². The maximum Gasteiger partial charge on any atom is 0.128 e. The number of hydrogen-bond donors (Lipinski definition) is 1. The summed E-state index contributed by atoms with van der Waals surface area (Å²) in [6.07, 6.45) is 1.73. The van der Waals surface area contributed by atoms with Gasteiger partial charge in [-0.1, -0.05) is 0 Å². The van der Waals surface area contributed by atoms with E-state index in [1.54, 1.807) is 6.20 Å². The van der Waals surface area contributed by atoms with Crippen molar-refractivity contribution >= 4 is 11.5 Å². The van der Waals surface area contributed by atoms with Gasteiger partial charge in [0, 0.05) is 38.1 Å². The van der Waals surface area contributed by atoms with E-state index in [2.05, 4.69) is 14.8 Å². The Morgan fingerprint density at radius 3 is 2.33 bits per heavy atom. The van der Waals surface area contributed by atoms with Crippen LogP contribution in [0.2, 0.25) is 0 Å². The molecule has 110 valence electrons. The first-order valence-electron chi connectivity index (χ1n) is 7.07.